The standard InChI is InChI=1S/C45H53N3O11/c1-4-19-47(44(51)30-15-17-39-40(24-30)56-28-55-39)41-27-37(46-54-3)35-23-29(11-6-8-20-49)34(14-7-9-21-50)42-36-26-33(58-32-13-10-12-31(25-32)48(52)53)16-18-38(36)59-45(41,43(35)42)57-22-5-2/h5,10,12-13,15-18,23-26,29,34,41-43,49-50H,2,4,6-9,11,14,19-22,27-28H2,1,3H3. The van der Waals surface area contributed by atoms with Gasteiger partial charge in [0.05, 0.1) is 29.2 Å². The minimum Gasteiger partial charge on any atom is -0.459 e. The SMILES string of the molecule is C=CCOC12Oc3ccc(Oc4cccc([N+](=O)[O-])c4)cc3C3C(CCCCO)C(CCCCO)C=C(C(=NOC)CC1N(CCC)C(=O)c1ccc4c(c1)OCO4)C32. The summed E-state index contributed by atoms with van der Waals surface area (Å²) in [6.45, 7) is 6.75. The summed E-state index contributed by atoms with van der Waals surface area (Å²) in [5, 5.41) is 36.0. The van der Waals surface area contributed by atoms with E-state index in [1.165, 1.54) is 19.2 Å². The second-order valence-electron chi connectivity index (χ2n) is 15.4. The Hall–Kier alpha value is -5.44. The van der Waals surface area contributed by atoms with E-state index in [1.807, 2.05) is 24.0 Å². The third-order valence-electron chi connectivity index (χ3n) is 11.8. The maximum atomic E-state index is 14.9. The molecular formula is C45H53N3O11. The van der Waals surface area contributed by atoms with Crippen molar-refractivity contribution in [3.05, 3.63) is 106 Å². The van der Waals surface area contributed by atoms with Crippen molar-refractivity contribution in [2.45, 2.75) is 76.0 Å². The van der Waals surface area contributed by atoms with Gasteiger partial charge in [-0.2, -0.15) is 0 Å². The number of fused-ring (bicyclic) bond motifs is 3. The number of oxime groups is 1. The first-order chi connectivity index (χ1) is 28.8. The fourth-order valence-corrected chi connectivity index (χ4v) is 9.45. The largest absolute Gasteiger partial charge is 0.459 e. The van der Waals surface area contributed by atoms with E-state index in [4.69, 9.17) is 28.5 Å². The predicted molar refractivity (Wildman–Crippen MR) is 219 cm³/mol. The number of amides is 1. The number of non-ortho nitro benzene ring substituents is 1. The van der Waals surface area contributed by atoms with Gasteiger partial charge in [-0.3, -0.25) is 14.9 Å². The molecule has 0 aromatic heterocycles. The van der Waals surface area contributed by atoms with Crippen LogP contribution in [0.4, 0.5) is 5.69 Å². The van der Waals surface area contributed by atoms with Crippen LogP contribution in [-0.2, 0) is 9.57 Å². The number of carbonyl (C=O) groups excluding carboxylic acids is 1. The van der Waals surface area contributed by atoms with Gasteiger partial charge in [-0.25, -0.2) is 0 Å². The van der Waals surface area contributed by atoms with Crippen LogP contribution in [0.25, 0.3) is 0 Å². The number of hydrogen-bond donors (Lipinski definition) is 2. The van der Waals surface area contributed by atoms with Gasteiger partial charge in [0, 0.05) is 49.3 Å². The Balaban J connectivity index is 1.42. The number of benzene rings is 3. The average molecular weight is 812 g/mol. The first kappa shape index (κ1) is 41.7. The van der Waals surface area contributed by atoms with Crippen LogP contribution in [0.2, 0.25) is 0 Å². The van der Waals surface area contributed by atoms with Gasteiger partial charge in [-0.05, 0) is 92.0 Å². The van der Waals surface area contributed by atoms with Gasteiger partial charge in [0.25, 0.3) is 11.6 Å². The maximum Gasteiger partial charge on any atom is 0.273 e. The van der Waals surface area contributed by atoms with Crippen molar-refractivity contribution in [1.82, 2.24) is 4.90 Å². The molecule has 0 radical (unpaired) electrons. The van der Waals surface area contributed by atoms with Gasteiger partial charge in [-0.15, -0.1) is 6.58 Å². The molecule has 6 unspecified atom stereocenters. The monoisotopic (exact) mass is 811 g/mol. The van der Waals surface area contributed by atoms with E-state index in [-0.39, 0.29) is 62.4 Å². The lowest BCUT2D eigenvalue weighted by Gasteiger charge is -2.60. The zero-order valence-corrected chi connectivity index (χ0v) is 33.6. The van der Waals surface area contributed by atoms with E-state index < -0.39 is 22.7 Å². The molecule has 3 aromatic carbocycles. The minimum absolute atomic E-state index is 0.00291. The van der Waals surface area contributed by atoms with Gasteiger partial charge in [0.2, 0.25) is 12.6 Å². The molecule has 0 bridgehead atoms. The molecule has 0 spiro atoms. The average Bonchev–Trinajstić information content (AvgIpc) is 3.72. The van der Waals surface area contributed by atoms with Crippen molar-refractivity contribution >= 4 is 17.3 Å². The Morgan fingerprint density at radius 1 is 1.02 bits per heavy atom. The third-order valence-corrected chi connectivity index (χ3v) is 11.8. The smallest absolute Gasteiger partial charge is 0.273 e. The summed E-state index contributed by atoms with van der Waals surface area (Å²) in [5.74, 6) is 0.0199. The highest BCUT2D eigenvalue weighted by Gasteiger charge is 2.65. The normalized spacial score (nSPS) is 24.3. The van der Waals surface area contributed by atoms with E-state index in [9.17, 15) is 25.1 Å². The summed E-state index contributed by atoms with van der Waals surface area (Å²) >= 11 is 0. The van der Waals surface area contributed by atoms with Crippen molar-refractivity contribution in [1.29, 1.82) is 0 Å². The molecule has 6 atom stereocenters. The summed E-state index contributed by atoms with van der Waals surface area (Å²) in [4.78, 5) is 33.4. The van der Waals surface area contributed by atoms with Crippen molar-refractivity contribution in [3.8, 4) is 28.7 Å². The molecule has 0 saturated heterocycles. The van der Waals surface area contributed by atoms with Crippen molar-refractivity contribution in [2.24, 2.45) is 22.9 Å². The molecule has 1 saturated carbocycles. The molecular weight excluding hydrogens is 759 g/mol. The van der Waals surface area contributed by atoms with E-state index in [0.29, 0.717) is 65.8 Å². The Morgan fingerprint density at radius 2 is 1.78 bits per heavy atom. The topological polar surface area (TPSA) is 172 Å². The second kappa shape index (κ2) is 18.6. The number of carbonyl (C=O) groups is 1. The molecule has 2 N–H and O–H groups in total. The third kappa shape index (κ3) is 8.39. The van der Waals surface area contributed by atoms with Crippen molar-refractivity contribution < 1.29 is 48.5 Å². The molecule has 2 heterocycles. The highest BCUT2D eigenvalue weighted by Crippen LogP contribution is 2.62. The first-order valence-electron chi connectivity index (χ1n) is 20.5. The molecule has 1 fully saturated rings. The van der Waals surface area contributed by atoms with E-state index in [2.05, 4.69) is 17.8 Å². The number of hydrogen-bond acceptors (Lipinski definition) is 12. The van der Waals surface area contributed by atoms with Crippen LogP contribution in [-0.4, -0.2) is 83.8 Å². The van der Waals surface area contributed by atoms with Crippen molar-refractivity contribution in [2.75, 3.05) is 40.3 Å². The van der Waals surface area contributed by atoms with Crippen LogP contribution in [0, 0.1) is 27.9 Å². The minimum atomic E-state index is -1.43. The fraction of sp³-hybridized carbons (Fsp3) is 0.467. The highest BCUT2D eigenvalue weighted by atomic mass is 16.7. The zero-order chi connectivity index (χ0) is 41.5. The van der Waals surface area contributed by atoms with Gasteiger partial charge in [-0.1, -0.05) is 43.1 Å². The number of nitro benzene ring substituents is 1. The molecule has 3 aromatic rings. The molecule has 4 aliphatic rings. The van der Waals surface area contributed by atoms with E-state index in [1.54, 1.807) is 42.5 Å². The number of ether oxygens (including phenoxy) is 5. The molecule has 14 nitrogen and oxygen atoms in total. The summed E-state index contributed by atoms with van der Waals surface area (Å²) in [6.07, 6.45) is 9.26. The number of rotatable bonds is 19. The Labute approximate surface area is 344 Å². The van der Waals surface area contributed by atoms with Crippen LogP contribution in [0.5, 0.6) is 28.7 Å². The number of nitro groups is 1. The molecule has 14 heteroatoms. The lowest BCUT2D eigenvalue weighted by molar-refractivity contribution is -0.384. The maximum absolute atomic E-state index is 14.9. The van der Waals surface area contributed by atoms with Crippen LogP contribution in [0.3, 0.4) is 0 Å². The van der Waals surface area contributed by atoms with Crippen LogP contribution in [0.15, 0.2) is 90.1 Å². The Bertz CT molecular complexity index is 2070. The van der Waals surface area contributed by atoms with Crippen molar-refractivity contribution in [3.63, 3.8) is 0 Å². The summed E-state index contributed by atoms with van der Waals surface area (Å²) in [7, 11) is 1.52. The lowest BCUT2D eigenvalue weighted by Crippen LogP contribution is -2.70. The molecule has 2 aliphatic heterocycles. The van der Waals surface area contributed by atoms with Crippen LogP contribution < -0.4 is 18.9 Å². The van der Waals surface area contributed by atoms with E-state index in [0.717, 1.165) is 36.8 Å². The van der Waals surface area contributed by atoms with Gasteiger partial charge in [0.1, 0.15) is 30.4 Å². The van der Waals surface area contributed by atoms with Gasteiger partial charge in [0.15, 0.2) is 11.5 Å². The second-order valence-corrected chi connectivity index (χ2v) is 15.4. The van der Waals surface area contributed by atoms with Gasteiger partial charge >= 0.3 is 0 Å². The Morgan fingerprint density at radius 3 is 2.53 bits per heavy atom. The predicted octanol–water partition coefficient (Wildman–Crippen LogP) is 7.93. The number of nitrogens with zero attached hydrogens (tertiary/aromatic N) is 3. The quantitative estimate of drug-likeness (QED) is 0.0521. The number of unbranched alkanes of at least 4 members (excludes halogenated alkanes) is 2. The van der Waals surface area contributed by atoms with E-state index >= 15 is 0 Å². The number of allylic oxidation sites excluding steroid dienone is 1. The molecule has 7 rings (SSSR count). The summed E-state index contributed by atoms with van der Waals surface area (Å²) in [5.41, 5.74) is 2.80. The first-order valence-corrected chi connectivity index (χ1v) is 20.5. The highest BCUT2D eigenvalue weighted by molar-refractivity contribution is 6.03. The molecule has 1 amide bonds. The number of aliphatic hydroxyl groups is 2. The molecule has 2 aliphatic carbocycles. The summed E-state index contributed by atoms with van der Waals surface area (Å²) < 4.78 is 31.8. The van der Waals surface area contributed by atoms with Crippen LogP contribution in [0.1, 0.15) is 80.1 Å². The lowest BCUT2D eigenvalue weighted by atomic mass is 9.55. The number of aliphatic hydroxyl groups excluding tert-OH is 2. The fourth-order valence-electron chi connectivity index (χ4n) is 9.45. The van der Waals surface area contributed by atoms with Crippen LogP contribution >= 0.6 is 0 Å². The molecule has 59 heavy (non-hydrogen) atoms. The summed E-state index contributed by atoms with van der Waals surface area (Å²) in [6, 6.07) is 16.1. The zero-order valence-electron chi connectivity index (χ0n) is 33.6. The molecule has 314 valence electrons. The van der Waals surface area contributed by atoms with Gasteiger partial charge < -0.3 is 43.6 Å². The Kier molecular flexibility index (Phi) is 13.2.